The zero-order chi connectivity index (χ0) is 11.4. The lowest BCUT2D eigenvalue weighted by atomic mass is 10.0. The lowest BCUT2D eigenvalue weighted by Crippen LogP contribution is -2.29. The van der Waals surface area contributed by atoms with Gasteiger partial charge >= 0.3 is 0 Å². The zero-order valence-corrected chi connectivity index (χ0v) is 9.09. The third-order valence-corrected chi connectivity index (χ3v) is 2.45. The highest BCUT2D eigenvalue weighted by atomic mass is 15.2. The van der Waals surface area contributed by atoms with E-state index in [1.54, 1.807) is 12.4 Å². The van der Waals surface area contributed by atoms with Gasteiger partial charge in [-0.25, -0.2) is 5.43 Å². The average molecular weight is 214 g/mol. The molecular formula is C12H14N4. The summed E-state index contributed by atoms with van der Waals surface area (Å²) in [6.45, 7) is 1.96. The van der Waals surface area contributed by atoms with Crippen molar-refractivity contribution >= 4 is 0 Å². The van der Waals surface area contributed by atoms with Crippen LogP contribution >= 0.6 is 0 Å². The van der Waals surface area contributed by atoms with E-state index in [9.17, 15) is 0 Å². The summed E-state index contributed by atoms with van der Waals surface area (Å²) in [5, 5.41) is 0. The molecule has 2 aromatic rings. The van der Waals surface area contributed by atoms with Gasteiger partial charge in [0.1, 0.15) is 0 Å². The summed E-state index contributed by atoms with van der Waals surface area (Å²) in [5.74, 6) is 5.57. The van der Waals surface area contributed by atoms with Gasteiger partial charge in [0.25, 0.3) is 0 Å². The molecule has 0 spiro atoms. The van der Waals surface area contributed by atoms with Crippen LogP contribution in [0.15, 0.2) is 42.9 Å². The molecule has 0 radical (unpaired) electrons. The molecule has 0 fully saturated rings. The van der Waals surface area contributed by atoms with E-state index in [1.807, 2.05) is 37.4 Å². The fraction of sp³-hybridized carbons (Fsp3) is 0.167. The van der Waals surface area contributed by atoms with Crippen molar-refractivity contribution in [2.24, 2.45) is 5.84 Å². The molecule has 16 heavy (non-hydrogen) atoms. The summed E-state index contributed by atoms with van der Waals surface area (Å²) >= 11 is 0. The Morgan fingerprint density at radius 3 is 2.56 bits per heavy atom. The summed E-state index contributed by atoms with van der Waals surface area (Å²) in [5.41, 5.74) is 5.82. The molecule has 0 aliphatic carbocycles. The number of aryl methyl sites for hydroxylation is 1. The molecule has 4 nitrogen and oxygen atoms in total. The fourth-order valence-electron chi connectivity index (χ4n) is 1.58. The van der Waals surface area contributed by atoms with E-state index in [2.05, 4.69) is 15.4 Å². The molecule has 1 atom stereocenters. The SMILES string of the molecule is Cc1ccc(C(NN)c2cccnc2)cn1. The molecule has 0 aliphatic rings. The quantitative estimate of drug-likeness (QED) is 0.597. The van der Waals surface area contributed by atoms with Gasteiger partial charge in [0, 0.05) is 24.3 Å². The van der Waals surface area contributed by atoms with E-state index in [4.69, 9.17) is 5.84 Å². The molecule has 3 N–H and O–H groups in total. The number of hydrogen-bond donors (Lipinski definition) is 2. The Bertz CT molecular complexity index is 438. The highest BCUT2D eigenvalue weighted by Crippen LogP contribution is 2.19. The van der Waals surface area contributed by atoms with E-state index in [-0.39, 0.29) is 6.04 Å². The van der Waals surface area contributed by atoms with Gasteiger partial charge < -0.3 is 0 Å². The summed E-state index contributed by atoms with van der Waals surface area (Å²) in [4.78, 5) is 8.34. The number of aromatic nitrogens is 2. The Morgan fingerprint density at radius 1 is 1.19 bits per heavy atom. The summed E-state index contributed by atoms with van der Waals surface area (Å²) < 4.78 is 0. The second-order valence-corrected chi connectivity index (χ2v) is 3.62. The van der Waals surface area contributed by atoms with E-state index >= 15 is 0 Å². The monoisotopic (exact) mass is 214 g/mol. The van der Waals surface area contributed by atoms with Gasteiger partial charge in [0.15, 0.2) is 0 Å². The van der Waals surface area contributed by atoms with Crippen LogP contribution in [0.1, 0.15) is 22.9 Å². The van der Waals surface area contributed by atoms with E-state index in [1.165, 1.54) is 0 Å². The van der Waals surface area contributed by atoms with Gasteiger partial charge in [-0.3, -0.25) is 15.8 Å². The summed E-state index contributed by atoms with van der Waals surface area (Å²) in [7, 11) is 0. The Kier molecular flexibility index (Phi) is 3.24. The first-order valence-electron chi connectivity index (χ1n) is 5.10. The topological polar surface area (TPSA) is 63.8 Å². The molecule has 0 saturated carbocycles. The van der Waals surface area contributed by atoms with E-state index in [0.717, 1.165) is 16.8 Å². The fourth-order valence-corrected chi connectivity index (χ4v) is 1.58. The van der Waals surface area contributed by atoms with E-state index < -0.39 is 0 Å². The molecule has 0 aromatic carbocycles. The maximum Gasteiger partial charge on any atom is 0.0739 e. The maximum absolute atomic E-state index is 5.57. The first-order chi connectivity index (χ1) is 7.81. The maximum atomic E-state index is 5.57. The van der Waals surface area contributed by atoms with Crippen molar-refractivity contribution in [2.75, 3.05) is 0 Å². The number of hydrogen-bond acceptors (Lipinski definition) is 4. The minimum atomic E-state index is -0.0678. The predicted molar refractivity (Wildman–Crippen MR) is 62.4 cm³/mol. The van der Waals surface area contributed by atoms with Gasteiger partial charge in [-0.05, 0) is 30.2 Å². The van der Waals surface area contributed by atoms with Crippen molar-refractivity contribution in [3.8, 4) is 0 Å². The molecule has 0 saturated heterocycles. The van der Waals surface area contributed by atoms with Gasteiger partial charge in [-0.15, -0.1) is 0 Å². The average Bonchev–Trinajstić information content (AvgIpc) is 2.34. The second kappa shape index (κ2) is 4.83. The third-order valence-electron chi connectivity index (χ3n) is 2.45. The molecule has 2 heterocycles. The van der Waals surface area contributed by atoms with Crippen LogP contribution < -0.4 is 11.3 Å². The highest BCUT2D eigenvalue weighted by Gasteiger charge is 2.12. The molecule has 0 bridgehead atoms. The largest absolute Gasteiger partial charge is 0.271 e. The van der Waals surface area contributed by atoms with Crippen LogP contribution in [0.4, 0.5) is 0 Å². The first-order valence-corrected chi connectivity index (χ1v) is 5.10. The molecule has 0 aliphatic heterocycles. The van der Waals surface area contributed by atoms with Crippen LogP contribution in [0.2, 0.25) is 0 Å². The second-order valence-electron chi connectivity index (χ2n) is 3.62. The van der Waals surface area contributed by atoms with Crippen molar-refractivity contribution in [3.05, 3.63) is 59.7 Å². The predicted octanol–water partition coefficient (Wildman–Crippen LogP) is 1.34. The molecule has 82 valence electrons. The van der Waals surface area contributed by atoms with Crippen LogP contribution in [-0.4, -0.2) is 9.97 Å². The molecule has 0 amide bonds. The van der Waals surface area contributed by atoms with Crippen molar-refractivity contribution in [1.82, 2.24) is 15.4 Å². The van der Waals surface area contributed by atoms with Crippen molar-refractivity contribution in [1.29, 1.82) is 0 Å². The van der Waals surface area contributed by atoms with Crippen LogP contribution in [-0.2, 0) is 0 Å². The lowest BCUT2D eigenvalue weighted by Gasteiger charge is -2.15. The van der Waals surface area contributed by atoms with Crippen LogP contribution in [0, 0.1) is 6.92 Å². The molecule has 1 unspecified atom stereocenters. The number of rotatable bonds is 3. The molecular weight excluding hydrogens is 200 g/mol. The van der Waals surface area contributed by atoms with Crippen molar-refractivity contribution in [3.63, 3.8) is 0 Å². The molecule has 4 heteroatoms. The Morgan fingerprint density at radius 2 is 2.00 bits per heavy atom. The first kappa shape index (κ1) is 10.7. The zero-order valence-electron chi connectivity index (χ0n) is 9.09. The Labute approximate surface area is 94.5 Å². The number of nitrogens with one attached hydrogen (secondary N) is 1. The van der Waals surface area contributed by atoms with Gasteiger partial charge in [0.05, 0.1) is 6.04 Å². The smallest absolute Gasteiger partial charge is 0.0739 e. The van der Waals surface area contributed by atoms with Gasteiger partial charge in [-0.1, -0.05) is 12.1 Å². The van der Waals surface area contributed by atoms with Crippen LogP contribution in [0.5, 0.6) is 0 Å². The Balaban J connectivity index is 2.33. The minimum Gasteiger partial charge on any atom is -0.271 e. The summed E-state index contributed by atoms with van der Waals surface area (Å²) in [6.07, 6.45) is 5.36. The number of pyridine rings is 2. The third kappa shape index (κ3) is 2.24. The summed E-state index contributed by atoms with van der Waals surface area (Å²) in [6, 6.07) is 7.79. The lowest BCUT2D eigenvalue weighted by molar-refractivity contribution is 0.632. The van der Waals surface area contributed by atoms with Gasteiger partial charge in [0.2, 0.25) is 0 Å². The highest BCUT2D eigenvalue weighted by molar-refractivity contribution is 5.28. The number of hydrazine groups is 1. The van der Waals surface area contributed by atoms with E-state index in [0.29, 0.717) is 0 Å². The Hall–Kier alpha value is -1.78. The van der Waals surface area contributed by atoms with Crippen LogP contribution in [0.25, 0.3) is 0 Å². The van der Waals surface area contributed by atoms with Crippen LogP contribution in [0.3, 0.4) is 0 Å². The van der Waals surface area contributed by atoms with Gasteiger partial charge in [-0.2, -0.15) is 0 Å². The normalized spacial score (nSPS) is 12.4. The van der Waals surface area contributed by atoms with Crippen molar-refractivity contribution in [2.45, 2.75) is 13.0 Å². The molecule has 2 rings (SSSR count). The number of nitrogens with two attached hydrogens (primary N) is 1. The number of nitrogens with zero attached hydrogens (tertiary/aromatic N) is 2. The van der Waals surface area contributed by atoms with Crippen molar-refractivity contribution < 1.29 is 0 Å². The minimum absolute atomic E-state index is 0.0678. The standard InChI is InChI=1S/C12H14N4/c1-9-4-5-11(8-15-9)12(16-13)10-3-2-6-14-7-10/h2-8,12,16H,13H2,1H3. The molecule has 2 aromatic heterocycles.